The molecule has 2 heterocycles. The summed E-state index contributed by atoms with van der Waals surface area (Å²) in [6.45, 7) is 0. The number of nitrogens with one attached hydrogen (secondary N) is 1. The Balaban J connectivity index is 1.89. The molecule has 7 nitrogen and oxygen atoms in total. The van der Waals surface area contributed by atoms with Crippen LogP contribution in [0.15, 0.2) is 51.1 Å². The number of Topliss-reactive ketones (excluding diaryl/α,β-unsaturated/α-hetero) is 2. The molecule has 0 spiro atoms. The quantitative estimate of drug-likeness (QED) is 0.397. The summed E-state index contributed by atoms with van der Waals surface area (Å²) in [6.07, 6.45) is 0.766. The number of aromatic nitrogens is 3. The van der Waals surface area contributed by atoms with Crippen molar-refractivity contribution < 1.29 is 22.4 Å². The van der Waals surface area contributed by atoms with Crippen molar-refractivity contribution in [2.24, 2.45) is 0 Å². The van der Waals surface area contributed by atoms with Crippen molar-refractivity contribution in [1.29, 1.82) is 0 Å². The van der Waals surface area contributed by atoms with Gasteiger partial charge in [0, 0.05) is 11.8 Å². The fraction of sp³-hybridized carbons (Fsp3) is 0.0667. The molecule has 1 aromatic carbocycles. The van der Waals surface area contributed by atoms with Gasteiger partial charge in [-0.05, 0) is 35.2 Å². The lowest BCUT2D eigenvalue weighted by Crippen LogP contribution is -2.19. The van der Waals surface area contributed by atoms with Crippen molar-refractivity contribution in [3.05, 3.63) is 58.6 Å². The molecule has 10 heteroatoms. The molecule has 3 aromatic rings. The van der Waals surface area contributed by atoms with Crippen LogP contribution in [0, 0.1) is 5.82 Å². The van der Waals surface area contributed by atoms with Gasteiger partial charge in [0.25, 0.3) is 5.78 Å². The average Bonchev–Trinajstić information content (AvgIpc) is 3.26. The third-order valence-electron chi connectivity index (χ3n) is 3.34. The molecule has 0 bridgehead atoms. The van der Waals surface area contributed by atoms with Crippen LogP contribution in [-0.4, -0.2) is 35.2 Å². The number of halogens is 1. The molecule has 0 fully saturated rings. The Morgan fingerprint density at radius 2 is 1.88 bits per heavy atom. The normalized spacial score (nSPS) is 11.4. The number of nitrogens with zero attached hydrogens (tertiary/aromatic N) is 2. The number of thiophene rings is 1. The second-order valence-corrected chi connectivity index (χ2v) is 7.63. The highest BCUT2D eigenvalue weighted by atomic mass is 32.2. The van der Waals surface area contributed by atoms with Crippen LogP contribution in [0.25, 0.3) is 0 Å². The van der Waals surface area contributed by atoms with Crippen molar-refractivity contribution >= 4 is 32.7 Å². The number of benzene rings is 1. The predicted octanol–water partition coefficient (Wildman–Crippen LogP) is 1.83. The van der Waals surface area contributed by atoms with E-state index in [1.54, 1.807) is 0 Å². The minimum absolute atomic E-state index is 0.0831. The summed E-state index contributed by atoms with van der Waals surface area (Å²) >= 11 is 1.09. The summed E-state index contributed by atoms with van der Waals surface area (Å²) in [5.41, 5.74) is 0.197. The molecule has 3 rings (SSSR count). The number of aromatic amines is 1. The van der Waals surface area contributed by atoms with Crippen molar-refractivity contribution in [3.63, 3.8) is 0 Å². The van der Waals surface area contributed by atoms with Gasteiger partial charge in [0.1, 0.15) is 12.1 Å². The van der Waals surface area contributed by atoms with Gasteiger partial charge in [-0.15, -0.1) is 5.10 Å². The number of ketones is 2. The first-order valence-electron chi connectivity index (χ1n) is 6.88. The third kappa shape index (κ3) is 3.39. The lowest BCUT2D eigenvalue weighted by atomic mass is 10.1. The Hall–Kier alpha value is -2.72. The van der Waals surface area contributed by atoms with Gasteiger partial charge in [0.05, 0.1) is 9.79 Å². The monoisotopic (exact) mass is 379 g/mol. The number of carbonyl (C=O) groups is 2. The van der Waals surface area contributed by atoms with E-state index >= 15 is 0 Å². The first kappa shape index (κ1) is 17.1. The molecule has 1 N–H and O–H groups in total. The Bertz CT molecular complexity index is 1030. The van der Waals surface area contributed by atoms with Gasteiger partial charge in [-0.3, -0.25) is 14.7 Å². The van der Waals surface area contributed by atoms with Gasteiger partial charge in [-0.25, -0.2) is 17.8 Å². The second kappa shape index (κ2) is 6.65. The van der Waals surface area contributed by atoms with Gasteiger partial charge < -0.3 is 0 Å². The smallest absolute Gasteiger partial charge is 0.267 e. The van der Waals surface area contributed by atoms with Crippen LogP contribution >= 0.6 is 11.3 Å². The minimum atomic E-state index is -3.93. The zero-order chi connectivity index (χ0) is 18.0. The molecule has 0 amide bonds. The van der Waals surface area contributed by atoms with E-state index < -0.39 is 33.6 Å². The number of sulfone groups is 1. The maximum Gasteiger partial charge on any atom is 0.267 e. The van der Waals surface area contributed by atoms with E-state index in [0.717, 1.165) is 41.9 Å². The lowest BCUT2D eigenvalue weighted by Gasteiger charge is -2.05. The summed E-state index contributed by atoms with van der Waals surface area (Å²) in [6, 6.07) is 4.37. The predicted molar refractivity (Wildman–Crippen MR) is 85.6 cm³/mol. The second-order valence-electron chi connectivity index (χ2n) is 4.97. The van der Waals surface area contributed by atoms with Crippen molar-refractivity contribution in [1.82, 2.24) is 15.2 Å². The summed E-state index contributed by atoms with van der Waals surface area (Å²) in [5, 5.41) is 8.72. The number of carbonyl (C=O) groups excluding carboxylic acids is 2. The summed E-state index contributed by atoms with van der Waals surface area (Å²) < 4.78 is 38.3. The van der Waals surface area contributed by atoms with Crippen LogP contribution in [0.4, 0.5) is 4.39 Å². The van der Waals surface area contributed by atoms with Crippen LogP contribution in [0.2, 0.25) is 0 Å². The van der Waals surface area contributed by atoms with Crippen LogP contribution in [-0.2, 0) is 21.1 Å². The van der Waals surface area contributed by atoms with Crippen LogP contribution in [0.1, 0.15) is 16.2 Å². The van der Waals surface area contributed by atoms with E-state index in [2.05, 4.69) is 15.2 Å². The van der Waals surface area contributed by atoms with Crippen molar-refractivity contribution in [3.8, 4) is 0 Å². The van der Waals surface area contributed by atoms with E-state index in [9.17, 15) is 22.4 Å². The largest absolute Gasteiger partial charge is 0.290 e. The fourth-order valence-electron chi connectivity index (χ4n) is 2.11. The molecule has 0 saturated carbocycles. The lowest BCUT2D eigenvalue weighted by molar-refractivity contribution is -0.114. The molecule has 0 aliphatic carbocycles. The van der Waals surface area contributed by atoms with E-state index in [-0.39, 0.29) is 21.2 Å². The standard InChI is InChI=1S/C15H10FN3O4S2/c16-10-1-3-11(4-2-10)25(22,23)13-7-24-6-9(13)5-12(20)14(21)15-17-8-18-19-15/h1-4,6-8H,5H2,(H,17,18,19). The van der Waals surface area contributed by atoms with Crippen LogP contribution in [0.5, 0.6) is 0 Å². The topological polar surface area (TPSA) is 110 Å². The molecule has 25 heavy (non-hydrogen) atoms. The van der Waals surface area contributed by atoms with Gasteiger partial charge >= 0.3 is 0 Å². The summed E-state index contributed by atoms with van der Waals surface area (Å²) in [7, 11) is -3.93. The highest BCUT2D eigenvalue weighted by Gasteiger charge is 2.26. The number of rotatable bonds is 6. The third-order valence-corrected chi connectivity index (χ3v) is 6.13. The van der Waals surface area contributed by atoms with Crippen LogP contribution < -0.4 is 0 Å². The van der Waals surface area contributed by atoms with E-state index in [4.69, 9.17) is 0 Å². The molecule has 0 atom stereocenters. The molecule has 0 aliphatic rings. The fourth-order valence-corrected chi connectivity index (χ4v) is 4.80. The zero-order valence-corrected chi connectivity index (χ0v) is 14.1. The Kier molecular flexibility index (Phi) is 4.55. The minimum Gasteiger partial charge on any atom is -0.290 e. The maximum atomic E-state index is 13.0. The number of hydrogen-bond donors (Lipinski definition) is 1. The first-order valence-corrected chi connectivity index (χ1v) is 9.31. The van der Waals surface area contributed by atoms with Gasteiger partial charge in [-0.1, -0.05) is 0 Å². The molecular formula is C15H10FN3O4S2. The molecular weight excluding hydrogens is 369 g/mol. The Morgan fingerprint density at radius 3 is 2.52 bits per heavy atom. The van der Waals surface area contributed by atoms with Crippen molar-refractivity contribution in [2.75, 3.05) is 0 Å². The van der Waals surface area contributed by atoms with Gasteiger partial charge in [-0.2, -0.15) is 11.3 Å². The maximum absolute atomic E-state index is 13.0. The number of H-pyrrole nitrogens is 1. The van der Waals surface area contributed by atoms with E-state index in [1.165, 1.54) is 10.8 Å². The Labute approximate surface area is 145 Å². The number of hydrogen-bond acceptors (Lipinski definition) is 7. The highest BCUT2D eigenvalue weighted by molar-refractivity contribution is 7.91. The Morgan fingerprint density at radius 1 is 1.16 bits per heavy atom. The molecule has 0 aliphatic heterocycles. The van der Waals surface area contributed by atoms with E-state index in [1.807, 2.05) is 0 Å². The summed E-state index contributed by atoms with van der Waals surface area (Å²) in [4.78, 5) is 27.4. The average molecular weight is 379 g/mol. The van der Waals surface area contributed by atoms with Gasteiger partial charge in [0.2, 0.25) is 21.4 Å². The first-order chi connectivity index (χ1) is 11.9. The zero-order valence-electron chi connectivity index (χ0n) is 12.5. The molecule has 128 valence electrons. The van der Waals surface area contributed by atoms with Crippen molar-refractivity contribution in [2.45, 2.75) is 16.2 Å². The molecule has 2 aromatic heterocycles. The van der Waals surface area contributed by atoms with E-state index in [0.29, 0.717) is 0 Å². The molecule has 0 radical (unpaired) electrons. The van der Waals surface area contributed by atoms with Gasteiger partial charge in [0.15, 0.2) is 0 Å². The SMILES string of the molecule is O=C(Cc1cscc1S(=O)(=O)c1ccc(F)cc1)C(=O)c1nc[nH]n1. The van der Waals surface area contributed by atoms with Crippen LogP contribution in [0.3, 0.4) is 0 Å². The highest BCUT2D eigenvalue weighted by Crippen LogP contribution is 2.28. The molecule has 0 saturated heterocycles. The summed E-state index contributed by atoms with van der Waals surface area (Å²) in [5.74, 6) is -2.56. The molecule has 0 unspecified atom stereocenters.